The summed E-state index contributed by atoms with van der Waals surface area (Å²) in [5.74, 6) is 0.889. The summed E-state index contributed by atoms with van der Waals surface area (Å²) in [5, 5.41) is 3.19. The van der Waals surface area contributed by atoms with Crippen LogP contribution >= 0.6 is 11.3 Å². The smallest absolute Gasteiger partial charge is 0.326 e. The van der Waals surface area contributed by atoms with Gasteiger partial charge in [0.1, 0.15) is 10.8 Å². The van der Waals surface area contributed by atoms with Gasteiger partial charge in [-0.3, -0.25) is 9.47 Å². The van der Waals surface area contributed by atoms with Crippen LogP contribution in [0.2, 0.25) is 0 Å². The van der Waals surface area contributed by atoms with Crippen molar-refractivity contribution >= 4 is 22.4 Å². The number of nitrogens with zero attached hydrogens (tertiary/aromatic N) is 3. The molecule has 7 heteroatoms. The van der Waals surface area contributed by atoms with E-state index >= 15 is 0 Å². The highest BCUT2D eigenvalue weighted by atomic mass is 32.1. The van der Waals surface area contributed by atoms with Gasteiger partial charge in [0.2, 0.25) is 0 Å². The molecule has 6 nitrogen and oxygen atoms in total. The van der Waals surface area contributed by atoms with Gasteiger partial charge in [-0.25, -0.2) is 9.78 Å². The number of aromatic nitrogens is 3. The van der Waals surface area contributed by atoms with Crippen molar-refractivity contribution in [3.05, 3.63) is 70.1 Å². The molecule has 0 spiro atoms. The van der Waals surface area contributed by atoms with Crippen molar-refractivity contribution in [1.82, 2.24) is 19.4 Å². The summed E-state index contributed by atoms with van der Waals surface area (Å²) < 4.78 is 7.47. The Hall–Kier alpha value is -2.90. The van der Waals surface area contributed by atoms with Crippen molar-refractivity contribution in [1.29, 1.82) is 0 Å². The molecule has 1 N–H and O–H groups in total. The summed E-state index contributed by atoms with van der Waals surface area (Å²) in [4.78, 5) is 22.8. The van der Waals surface area contributed by atoms with Crippen LogP contribution in [0.1, 0.15) is 31.5 Å². The van der Waals surface area contributed by atoms with Crippen molar-refractivity contribution in [3.63, 3.8) is 0 Å². The fraction of sp³-hybridized carbons (Fsp3) is 0.333. The van der Waals surface area contributed by atoms with Crippen molar-refractivity contribution in [2.45, 2.75) is 32.4 Å². The number of hydrogen-bond acceptors (Lipinski definition) is 5. The van der Waals surface area contributed by atoms with Crippen LogP contribution in [0.4, 0.5) is 0 Å². The number of hydrogen-bond donors (Lipinski definition) is 1. The quantitative estimate of drug-likeness (QED) is 0.478. The Balaban J connectivity index is 1.22. The standard InChI is InChI=1S/C24H26N4O2S/c1-2-30-20-9-7-17(8-10-20)23-25-18(16-31-23)15-27-13-11-19(12-14-27)28-22-6-4-3-5-21(22)26-24(28)29/h3-10,16,19H,2,11-15H2,1H3,(H,26,29). The molecule has 0 amide bonds. The number of likely N-dealkylation sites (tertiary alicyclic amines) is 1. The first kappa shape index (κ1) is 20.0. The van der Waals surface area contributed by atoms with Crippen molar-refractivity contribution in [2.24, 2.45) is 0 Å². The number of ether oxygens (including phenoxy) is 1. The number of piperidine rings is 1. The minimum absolute atomic E-state index is 0.000789. The zero-order valence-electron chi connectivity index (χ0n) is 17.6. The lowest BCUT2D eigenvalue weighted by atomic mass is 10.0. The van der Waals surface area contributed by atoms with Crippen LogP contribution in [-0.4, -0.2) is 39.1 Å². The molecule has 31 heavy (non-hydrogen) atoms. The molecular weight excluding hydrogens is 408 g/mol. The minimum atomic E-state index is -0.000789. The third kappa shape index (κ3) is 4.16. The predicted molar refractivity (Wildman–Crippen MR) is 125 cm³/mol. The molecular formula is C24H26N4O2S. The number of nitrogens with one attached hydrogen (secondary N) is 1. The first-order valence-corrected chi connectivity index (χ1v) is 11.7. The number of fused-ring (bicyclic) bond motifs is 1. The van der Waals surface area contributed by atoms with Crippen molar-refractivity contribution in [2.75, 3.05) is 19.7 Å². The number of thiazole rings is 1. The Bertz CT molecular complexity index is 1220. The van der Waals surface area contributed by atoms with Crippen LogP contribution in [0.25, 0.3) is 21.6 Å². The second-order valence-electron chi connectivity index (χ2n) is 7.93. The molecule has 2 aromatic heterocycles. The number of H-pyrrole nitrogens is 1. The third-order valence-electron chi connectivity index (χ3n) is 5.90. The minimum Gasteiger partial charge on any atom is -0.494 e. The molecule has 5 rings (SSSR count). The monoisotopic (exact) mass is 434 g/mol. The molecule has 0 atom stereocenters. The van der Waals surface area contributed by atoms with Crippen molar-refractivity contribution < 1.29 is 4.74 Å². The zero-order valence-corrected chi connectivity index (χ0v) is 18.4. The Labute approximate surface area is 185 Å². The zero-order chi connectivity index (χ0) is 21.2. The fourth-order valence-corrected chi connectivity index (χ4v) is 5.19. The topological polar surface area (TPSA) is 63.1 Å². The van der Waals surface area contributed by atoms with Crippen LogP contribution in [0, 0.1) is 0 Å². The van der Waals surface area contributed by atoms with E-state index in [0.29, 0.717) is 6.61 Å². The van der Waals surface area contributed by atoms with E-state index in [0.717, 1.165) is 65.5 Å². The first-order valence-electron chi connectivity index (χ1n) is 10.8. The second kappa shape index (κ2) is 8.69. The molecule has 1 aliphatic rings. The van der Waals surface area contributed by atoms with E-state index in [9.17, 15) is 4.79 Å². The largest absolute Gasteiger partial charge is 0.494 e. The molecule has 1 fully saturated rings. The SMILES string of the molecule is CCOc1ccc(-c2nc(CN3CCC(n4c(=O)[nH]c5ccccc54)CC3)cs2)cc1. The average molecular weight is 435 g/mol. The van der Waals surface area contributed by atoms with E-state index in [4.69, 9.17) is 9.72 Å². The van der Waals surface area contributed by atoms with Gasteiger partial charge in [-0.05, 0) is 56.2 Å². The van der Waals surface area contributed by atoms with Crippen LogP contribution in [0.3, 0.4) is 0 Å². The van der Waals surface area contributed by atoms with Gasteiger partial charge < -0.3 is 9.72 Å². The van der Waals surface area contributed by atoms with Gasteiger partial charge in [0.05, 0.1) is 23.3 Å². The van der Waals surface area contributed by atoms with Gasteiger partial charge in [0.25, 0.3) is 0 Å². The molecule has 0 bridgehead atoms. The van der Waals surface area contributed by atoms with E-state index in [1.807, 2.05) is 47.9 Å². The van der Waals surface area contributed by atoms with E-state index in [2.05, 4.69) is 27.4 Å². The summed E-state index contributed by atoms with van der Waals surface area (Å²) in [6, 6.07) is 16.3. The molecule has 160 valence electrons. The lowest BCUT2D eigenvalue weighted by Crippen LogP contribution is -2.36. The summed E-state index contributed by atoms with van der Waals surface area (Å²) in [6.07, 6.45) is 1.94. The van der Waals surface area contributed by atoms with Gasteiger partial charge in [-0.1, -0.05) is 12.1 Å². The number of imidazole rings is 1. The van der Waals surface area contributed by atoms with E-state index in [-0.39, 0.29) is 11.7 Å². The summed E-state index contributed by atoms with van der Waals surface area (Å²) >= 11 is 1.68. The molecule has 1 aliphatic heterocycles. The Morgan fingerprint density at radius 2 is 1.90 bits per heavy atom. The second-order valence-corrected chi connectivity index (χ2v) is 8.78. The van der Waals surface area contributed by atoms with Crippen molar-refractivity contribution in [3.8, 4) is 16.3 Å². The summed E-state index contributed by atoms with van der Waals surface area (Å²) in [6.45, 7) is 5.44. The van der Waals surface area contributed by atoms with Crippen LogP contribution in [0.5, 0.6) is 5.75 Å². The average Bonchev–Trinajstić information content (AvgIpc) is 3.39. The highest BCUT2D eigenvalue weighted by molar-refractivity contribution is 7.13. The predicted octanol–water partition coefficient (Wildman–Crippen LogP) is 4.69. The summed E-state index contributed by atoms with van der Waals surface area (Å²) in [5.41, 5.74) is 4.15. The van der Waals surface area contributed by atoms with Crippen LogP contribution in [-0.2, 0) is 6.54 Å². The Morgan fingerprint density at radius 3 is 2.68 bits per heavy atom. The molecule has 2 aromatic carbocycles. The van der Waals surface area contributed by atoms with Crippen LogP contribution in [0.15, 0.2) is 58.7 Å². The highest BCUT2D eigenvalue weighted by Crippen LogP contribution is 2.28. The summed E-state index contributed by atoms with van der Waals surface area (Å²) in [7, 11) is 0. The van der Waals surface area contributed by atoms with Crippen LogP contribution < -0.4 is 10.4 Å². The van der Waals surface area contributed by atoms with Gasteiger partial charge in [0, 0.05) is 36.6 Å². The number of benzene rings is 2. The molecule has 0 unspecified atom stereocenters. The molecule has 0 radical (unpaired) electrons. The highest BCUT2D eigenvalue weighted by Gasteiger charge is 2.24. The molecule has 0 saturated carbocycles. The lowest BCUT2D eigenvalue weighted by Gasteiger charge is -2.32. The van der Waals surface area contributed by atoms with E-state index in [1.165, 1.54) is 0 Å². The fourth-order valence-electron chi connectivity index (χ4n) is 4.37. The number of aromatic amines is 1. The van der Waals surface area contributed by atoms with E-state index < -0.39 is 0 Å². The number of para-hydroxylation sites is 2. The molecule has 3 heterocycles. The molecule has 4 aromatic rings. The van der Waals surface area contributed by atoms with E-state index in [1.54, 1.807) is 11.3 Å². The normalized spacial score (nSPS) is 15.5. The van der Waals surface area contributed by atoms with Gasteiger partial charge in [-0.15, -0.1) is 11.3 Å². The maximum Gasteiger partial charge on any atom is 0.326 e. The van der Waals surface area contributed by atoms with Gasteiger partial charge >= 0.3 is 5.69 Å². The molecule has 1 saturated heterocycles. The van der Waals surface area contributed by atoms with Gasteiger partial charge in [-0.2, -0.15) is 0 Å². The van der Waals surface area contributed by atoms with Gasteiger partial charge in [0.15, 0.2) is 0 Å². The maximum absolute atomic E-state index is 12.5. The lowest BCUT2D eigenvalue weighted by molar-refractivity contribution is 0.178. The first-order chi connectivity index (χ1) is 15.2. The number of rotatable bonds is 6. The Kier molecular flexibility index (Phi) is 5.61. The Morgan fingerprint density at radius 1 is 1.13 bits per heavy atom. The maximum atomic E-state index is 12.5. The third-order valence-corrected chi connectivity index (χ3v) is 6.84. The molecule has 0 aliphatic carbocycles.